The molecule has 0 radical (unpaired) electrons. The van der Waals surface area contributed by atoms with Crippen LogP contribution in [0.15, 0.2) is 48.5 Å². The van der Waals surface area contributed by atoms with Gasteiger partial charge in [0.15, 0.2) is 0 Å². The number of rotatable bonds is 8. The fraction of sp³-hybridized carbons (Fsp3) is 0.515. The summed E-state index contributed by atoms with van der Waals surface area (Å²) in [5.41, 5.74) is 1.70. The SMILES string of the molecule is CC(C)OC(=O)c1ccc(NC(=O)N[C@@H](Cc2ccc(O)cc2)C(=O)N[C@H]2CCC[N+]3(CCCCCC3)C2)cc1.O=C([O-])C(F)(F)F. The standard InChI is InChI=1S/C31H42N4O5.C2HF3O2/c1-22(2)40-30(38)24-11-13-25(14-12-24)33-31(39)34-28(20-23-9-15-27(36)16-10-23)29(37)32-26-8-7-19-35(21-26)17-5-3-4-6-18-35;3-2(4,5)1(6)7/h9-16,22,26,28H,3-8,17-21H2,1-2H3,(H3-,32,33,34,36,37,38,39);(H,6,7)/t26-,28-;/m0./s1. The number of ether oxygens (including phenoxy) is 1. The Morgan fingerprint density at radius 2 is 1.51 bits per heavy atom. The number of phenols is 1. The normalized spacial score (nSPS) is 18.1. The highest BCUT2D eigenvalue weighted by molar-refractivity contribution is 5.95. The Labute approximate surface area is 272 Å². The number of piperidine rings is 1. The summed E-state index contributed by atoms with van der Waals surface area (Å²) in [6, 6.07) is 11.8. The van der Waals surface area contributed by atoms with Crippen molar-refractivity contribution in [3.05, 3.63) is 59.7 Å². The van der Waals surface area contributed by atoms with Gasteiger partial charge < -0.3 is 40.2 Å². The van der Waals surface area contributed by atoms with Crippen molar-refractivity contribution < 1.29 is 51.8 Å². The number of anilines is 1. The molecule has 2 aromatic carbocycles. The lowest BCUT2D eigenvalue weighted by Gasteiger charge is -2.44. The molecule has 47 heavy (non-hydrogen) atoms. The Morgan fingerprint density at radius 1 is 0.936 bits per heavy atom. The van der Waals surface area contributed by atoms with E-state index < -0.39 is 30.2 Å². The van der Waals surface area contributed by atoms with Gasteiger partial charge in [0.1, 0.15) is 17.8 Å². The average molecular weight is 665 g/mol. The second-order valence-corrected chi connectivity index (χ2v) is 12.3. The number of carbonyl (C=O) groups excluding carboxylic acids is 4. The zero-order valence-electron chi connectivity index (χ0n) is 26.6. The molecule has 0 bridgehead atoms. The van der Waals surface area contributed by atoms with E-state index >= 15 is 0 Å². The predicted octanol–water partition coefficient (Wildman–Crippen LogP) is 3.66. The van der Waals surface area contributed by atoms with Crippen molar-refractivity contribution >= 4 is 29.6 Å². The largest absolute Gasteiger partial charge is 0.542 e. The van der Waals surface area contributed by atoms with Crippen LogP contribution in [0.5, 0.6) is 5.75 Å². The third-order valence-electron chi connectivity index (χ3n) is 8.10. The molecule has 3 amide bonds. The molecule has 2 aliphatic heterocycles. The van der Waals surface area contributed by atoms with E-state index in [-0.39, 0.29) is 30.2 Å². The predicted molar refractivity (Wildman–Crippen MR) is 165 cm³/mol. The molecule has 0 aromatic heterocycles. The smallest absolute Gasteiger partial charge is 0.430 e. The number of nitrogens with one attached hydrogen (secondary N) is 3. The minimum absolute atomic E-state index is 0.0738. The topological polar surface area (TPSA) is 157 Å². The zero-order valence-corrected chi connectivity index (χ0v) is 26.6. The quantitative estimate of drug-likeness (QED) is 0.248. The number of carboxylic acids is 1. The number of alkyl halides is 3. The Bertz CT molecular complexity index is 1340. The summed E-state index contributed by atoms with van der Waals surface area (Å²) >= 11 is 0. The first-order valence-electron chi connectivity index (χ1n) is 15.8. The van der Waals surface area contributed by atoms with Gasteiger partial charge in [-0.3, -0.25) is 4.79 Å². The molecule has 4 N–H and O–H groups in total. The molecule has 0 aliphatic carbocycles. The van der Waals surface area contributed by atoms with Gasteiger partial charge in [-0.05, 0) is 94.3 Å². The number of benzene rings is 2. The van der Waals surface area contributed by atoms with Crippen LogP contribution in [0.25, 0.3) is 0 Å². The Morgan fingerprint density at radius 3 is 2.06 bits per heavy atom. The van der Waals surface area contributed by atoms with Crippen LogP contribution in [0, 0.1) is 0 Å². The van der Waals surface area contributed by atoms with Crippen LogP contribution in [0.2, 0.25) is 0 Å². The van der Waals surface area contributed by atoms with Gasteiger partial charge >= 0.3 is 18.2 Å². The summed E-state index contributed by atoms with van der Waals surface area (Å²) < 4.78 is 37.8. The van der Waals surface area contributed by atoms with Crippen LogP contribution in [0.1, 0.15) is 68.3 Å². The summed E-state index contributed by atoms with van der Waals surface area (Å²) in [7, 11) is 0. The first-order chi connectivity index (χ1) is 22.2. The van der Waals surface area contributed by atoms with E-state index in [4.69, 9.17) is 14.6 Å². The monoisotopic (exact) mass is 664 g/mol. The zero-order chi connectivity index (χ0) is 34.6. The summed E-state index contributed by atoms with van der Waals surface area (Å²) in [5, 5.41) is 27.3. The van der Waals surface area contributed by atoms with Crippen molar-refractivity contribution in [3.8, 4) is 5.75 Å². The second-order valence-electron chi connectivity index (χ2n) is 12.3. The van der Waals surface area contributed by atoms with Gasteiger partial charge in [0.05, 0.1) is 43.9 Å². The number of esters is 1. The van der Waals surface area contributed by atoms with Crippen molar-refractivity contribution in [2.45, 2.75) is 83.2 Å². The van der Waals surface area contributed by atoms with Crippen molar-refractivity contribution in [2.24, 2.45) is 0 Å². The van der Waals surface area contributed by atoms with Gasteiger partial charge in [-0.25, -0.2) is 9.59 Å². The molecule has 11 nitrogen and oxygen atoms in total. The molecule has 2 aromatic rings. The van der Waals surface area contributed by atoms with Gasteiger partial charge in [-0.15, -0.1) is 0 Å². The van der Waals surface area contributed by atoms with Gasteiger partial charge in [0.2, 0.25) is 5.91 Å². The number of aromatic hydroxyl groups is 1. The van der Waals surface area contributed by atoms with Crippen LogP contribution in [0.3, 0.4) is 0 Å². The highest BCUT2D eigenvalue weighted by Gasteiger charge is 2.37. The molecule has 4 rings (SSSR count). The molecule has 2 fully saturated rings. The van der Waals surface area contributed by atoms with Gasteiger partial charge in [0, 0.05) is 12.1 Å². The van der Waals surface area contributed by atoms with Gasteiger partial charge in [-0.1, -0.05) is 12.1 Å². The van der Waals surface area contributed by atoms with Crippen LogP contribution in [0.4, 0.5) is 23.7 Å². The minimum atomic E-state index is -5.19. The summed E-state index contributed by atoms with van der Waals surface area (Å²) in [4.78, 5) is 47.4. The molecule has 1 spiro atoms. The van der Waals surface area contributed by atoms with Crippen molar-refractivity contribution in [2.75, 3.05) is 31.5 Å². The average Bonchev–Trinajstić information content (AvgIpc) is 3.22. The fourth-order valence-corrected chi connectivity index (χ4v) is 5.88. The third-order valence-corrected chi connectivity index (χ3v) is 8.10. The third kappa shape index (κ3) is 12.4. The number of halogens is 3. The number of urea groups is 1. The highest BCUT2D eigenvalue weighted by atomic mass is 19.4. The Kier molecular flexibility index (Phi) is 13.4. The lowest BCUT2D eigenvalue weighted by molar-refractivity contribution is -0.932. The molecular weight excluding hydrogens is 621 g/mol. The van der Waals surface area contributed by atoms with Gasteiger partial charge in [0.25, 0.3) is 0 Å². The Hall–Kier alpha value is -4.33. The van der Waals surface area contributed by atoms with Crippen LogP contribution in [-0.4, -0.2) is 84.0 Å². The van der Waals surface area contributed by atoms with E-state index in [0.717, 1.165) is 29.4 Å². The first kappa shape index (κ1) is 37.1. The molecule has 258 valence electrons. The molecule has 2 aliphatic rings. The van der Waals surface area contributed by atoms with Gasteiger partial charge in [-0.2, -0.15) is 13.2 Å². The number of hydrogen-bond acceptors (Lipinski definition) is 7. The number of hydrogen-bond donors (Lipinski definition) is 4. The minimum Gasteiger partial charge on any atom is -0.542 e. The molecule has 2 atom stereocenters. The summed E-state index contributed by atoms with van der Waals surface area (Å²) in [6.07, 6.45) is 1.95. The lowest BCUT2D eigenvalue weighted by Crippen LogP contribution is -2.61. The van der Waals surface area contributed by atoms with Crippen LogP contribution in [-0.2, 0) is 20.7 Å². The van der Waals surface area contributed by atoms with E-state index in [1.54, 1.807) is 62.4 Å². The summed E-state index contributed by atoms with van der Waals surface area (Å²) in [5.74, 6) is -3.50. The molecule has 2 heterocycles. The maximum absolute atomic E-state index is 13.6. The number of aliphatic carboxylic acids is 1. The maximum Gasteiger partial charge on any atom is 0.430 e. The Balaban J connectivity index is 0.000000771. The second kappa shape index (κ2) is 17.0. The van der Waals surface area contributed by atoms with Crippen LogP contribution < -0.4 is 21.1 Å². The number of quaternary nitrogens is 1. The van der Waals surface area contributed by atoms with E-state index in [1.807, 2.05) is 0 Å². The molecule has 2 saturated heterocycles. The van der Waals surface area contributed by atoms with E-state index in [9.17, 15) is 32.7 Å². The molecule has 14 heteroatoms. The number of carbonyl (C=O) groups is 4. The number of phenolic OH excluding ortho intramolecular Hbond substituents is 1. The molecule has 0 saturated carbocycles. The van der Waals surface area contributed by atoms with Crippen molar-refractivity contribution in [1.82, 2.24) is 10.6 Å². The molecular formula is C33H43F3N4O7. The fourth-order valence-electron chi connectivity index (χ4n) is 5.88. The number of nitrogens with zero attached hydrogens (tertiary/aromatic N) is 1. The lowest BCUT2D eigenvalue weighted by atomic mass is 10.00. The maximum atomic E-state index is 13.6. The van der Waals surface area contributed by atoms with Crippen molar-refractivity contribution in [3.63, 3.8) is 0 Å². The number of amides is 3. The summed E-state index contributed by atoms with van der Waals surface area (Å²) in [6.45, 7) is 8.04. The van der Waals surface area contributed by atoms with E-state index in [2.05, 4.69) is 16.0 Å². The van der Waals surface area contributed by atoms with Crippen LogP contribution >= 0.6 is 0 Å². The van der Waals surface area contributed by atoms with Crippen molar-refractivity contribution in [1.29, 1.82) is 0 Å². The first-order valence-corrected chi connectivity index (χ1v) is 15.8. The highest BCUT2D eigenvalue weighted by Crippen LogP contribution is 2.25. The van der Waals surface area contributed by atoms with E-state index in [1.165, 1.54) is 45.3 Å². The number of carboxylic acid groups (broad SMARTS) is 1. The molecule has 0 unspecified atom stereocenters. The van der Waals surface area contributed by atoms with E-state index in [0.29, 0.717) is 11.3 Å².